The van der Waals surface area contributed by atoms with Crippen molar-refractivity contribution in [1.29, 1.82) is 0 Å². The number of nitrogens with zero attached hydrogens (tertiary/aromatic N) is 3. The summed E-state index contributed by atoms with van der Waals surface area (Å²) in [5.74, 6) is 0.763. The third kappa shape index (κ3) is 2.13. The number of piperazine rings is 1. The third-order valence-electron chi connectivity index (χ3n) is 3.50. The third-order valence-corrected chi connectivity index (χ3v) is 3.50. The maximum absolute atomic E-state index is 4.61. The first kappa shape index (κ1) is 10.3. The van der Waals surface area contributed by atoms with Gasteiger partial charge in [-0.15, -0.1) is 0 Å². The standard InChI is InChI=1S/C12H20N4/c1-15-8-11(12(14-15)10-2-3-10)9-16-6-4-13-5-7-16/h8,10,13H,2-7,9H2,1H3. The first-order valence-corrected chi connectivity index (χ1v) is 6.28. The van der Waals surface area contributed by atoms with Crippen molar-refractivity contribution in [3.8, 4) is 0 Å². The Kier molecular flexibility index (Phi) is 2.69. The van der Waals surface area contributed by atoms with Gasteiger partial charge in [0.25, 0.3) is 0 Å². The molecule has 0 amide bonds. The number of aromatic nitrogens is 2. The highest BCUT2D eigenvalue weighted by Crippen LogP contribution is 2.40. The minimum atomic E-state index is 0.763. The molecule has 0 unspecified atom stereocenters. The molecule has 0 radical (unpaired) electrons. The molecule has 1 saturated carbocycles. The lowest BCUT2D eigenvalue weighted by Crippen LogP contribution is -2.42. The topological polar surface area (TPSA) is 33.1 Å². The molecular weight excluding hydrogens is 200 g/mol. The highest BCUT2D eigenvalue weighted by Gasteiger charge is 2.29. The molecule has 2 fully saturated rings. The number of rotatable bonds is 3. The van der Waals surface area contributed by atoms with Crippen LogP contribution in [0.4, 0.5) is 0 Å². The van der Waals surface area contributed by atoms with Crippen LogP contribution < -0.4 is 5.32 Å². The Balaban J connectivity index is 1.72. The highest BCUT2D eigenvalue weighted by atomic mass is 15.3. The normalized spacial score (nSPS) is 22.6. The molecule has 4 heteroatoms. The average Bonchev–Trinajstić information content (AvgIpc) is 3.06. The van der Waals surface area contributed by atoms with Crippen molar-refractivity contribution in [2.45, 2.75) is 25.3 Å². The lowest BCUT2D eigenvalue weighted by molar-refractivity contribution is 0.232. The van der Waals surface area contributed by atoms with E-state index in [-0.39, 0.29) is 0 Å². The van der Waals surface area contributed by atoms with Crippen LogP contribution in [0, 0.1) is 0 Å². The lowest BCUT2D eigenvalue weighted by atomic mass is 10.1. The van der Waals surface area contributed by atoms with Crippen LogP contribution in [0.5, 0.6) is 0 Å². The SMILES string of the molecule is Cn1cc(CN2CCNCC2)c(C2CC2)n1. The largest absolute Gasteiger partial charge is 0.314 e. The summed E-state index contributed by atoms with van der Waals surface area (Å²) in [7, 11) is 2.03. The molecule has 0 bridgehead atoms. The molecule has 1 aromatic heterocycles. The summed E-state index contributed by atoms with van der Waals surface area (Å²) in [5.41, 5.74) is 2.81. The van der Waals surface area contributed by atoms with Crippen molar-refractivity contribution >= 4 is 0 Å². The Labute approximate surface area is 96.6 Å². The molecule has 88 valence electrons. The molecule has 1 saturated heterocycles. The van der Waals surface area contributed by atoms with Gasteiger partial charge in [0.1, 0.15) is 0 Å². The molecule has 16 heavy (non-hydrogen) atoms. The lowest BCUT2D eigenvalue weighted by Gasteiger charge is -2.26. The molecule has 2 aliphatic rings. The Morgan fingerprint density at radius 1 is 1.38 bits per heavy atom. The molecule has 1 aliphatic heterocycles. The number of aryl methyl sites for hydroxylation is 1. The van der Waals surface area contributed by atoms with Gasteiger partial charge < -0.3 is 5.32 Å². The zero-order valence-corrected chi connectivity index (χ0v) is 9.95. The van der Waals surface area contributed by atoms with Gasteiger partial charge in [0, 0.05) is 57.4 Å². The molecule has 0 atom stereocenters. The first-order valence-electron chi connectivity index (χ1n) is 6.28. The van der Waals surface area contributed by atoms with Crippen molar-refractivity contribution in [3.05, 3.63) is 17.5 Å². The summed E-state index contributed by atoms with van der Waals surface area (Å²) in [5, 5.41) is 8.01. The Morgan fingerprint density at radius 2 is 2.12 bits per heavy atom. The van der Waals surface area contributed by atoms with E-state index in [4.69, 9.17) is 0 Å². The molecule has 4 nitrogen and oxygen atoms in total. The Hall–Kier alpha value is -0.870. The maximum atomic E-state index is 4.61. The molecule has 0 spiro atoms. The van der Waals surface area contributed by atoms with Crippen molar-refractivity contribution < 1.29 is 0 Å². The van der Waals surface area contributed by atoms with Gasteiger partial charge in [-0.3, -0.25) is 9.58 Å². The van der Waals surface area contributed by atoms with E-state index in [1.807, 2.05) is 11.7 Å². The van der Waals surface area contributed by atoms with Crippen molar-refractivity contribution in [2.75, 3.05) is 26.2 Å². The van der Waals surface area contributed by atoms with Crippen molar-refractivity contribution in [1.82, 2.24) is 20.0 Å². The van der Waals surface area contributed by atoms with Gasteiger partial charge in [-0.25, -0.2) is 0 Å². The maximum Gasteiger partial charge on any atom is 0.0700 e. The van der Waals surface area contributed by atoms with E-state index in [1.165, 1.54) is 37.2 Å². The molecular formula is C12H20N4. The van der Waals surface area contributed by atoms with Gasteiger partial charge in [0.2, 0.25) is 0 Å². The van der Waals surface area contributed by atoms with Gasteiger partial charge in [-0.1, -0.05) is 0 Å². The summed E-state index contributed by atoms with van der Waals surface area (Å²) in [4.78, 5) is 2.53. The van der Waals surface area contributed by atoms with Gasteiger partial charge >= 0.3 is 0 Å². The molecule has 0 aromatic carbocycles. The highest BCUT2D eigenvalue weighted by molar-refractivity contribution is 5.24. The Morgan fingerprint density at radius 3 is 2.81 bits per heavy atom. The predicted octanol–water partition coefficient (Wildman–Crippen LogP) is 0.703. The zero-order chi connectivity index (χ0) is 11.0. The predicted molar refractivity (Wildman–Crippen MR) is 63.3 cm³/mol. The van der Waals surface area contributed by atoms with Crippen LogP contribution in [-0.2, 0) is 13.6 Å². The molecule has 3 rings (SSSR count). The van der Waals surface area contributed by atoms with E-state index in [2.05, 4.69) is 21.5 Å². The van der Waals surface area contributed by atoms with Gasteiger partial charge in [-0.05, 0) is 12.8 Å². The van der Waals surface area contributed by atoms with Gasteiger partial charge in [-0.2, -0.15) is 5.10 Å². The summed E-state index contributed by atoms with van der Waals surface area (Å²) in [6.45, 7) is 5.66. The fourth-order valence-electron chi connectivity index (χ4n) is 2.49. The quantitative estimate of drug-likeness (QED) is 0.814. The number of nitrogens with one attached hydrogen (secondary N) is 1. The van der Waals surface area contributed by atoms with Crippen LogP contribution in [-0.4, -0.2) is 40.9 Å². The van der Waals surface area contributed by atoms with Crippen molar-refractivity contribution in [3.63, 3.8) is 0 Å². The average molecular weight is 220 g/mol. The van der Waals surface area contributed by atoms with Gasteiger partial charge in [0.15, 0.2) is 0 Å². The molecule has 1 aromatic rings. The minimum Gasteiger partial charge on any atom is -0.314 e. The second kappa shape index (κ2) is 4.18. The van der Waals surface area contributed by atoms with E-state index in [0.29, 0.717) is 0 Å². The van der Waals surface area contributed by atoms with Crippen LogP contribution in [0.2, 0.25) is 0 Å². The van der Waals surface area contributed by atoms with E-state index < -0.39 is 0 Å². The smallest absolute Gasteiger partial charge is 0.0700 e. The van der Waals surface area contributed by atoms with E-state index in [0.717, 1.165) is 25.6 Å². The summed E-state index contributed by atoms with van der Waals surface area (Å²) in [6, 6.07) is 0. The summed E-state index contributed by atoms with van der Waals surface area (Å²) >= 11 is 0. The van der Waals surface area contributed by atoms with Crippen LogP contribution in [0.1, 0.15) is 30.0 Å². The van der Waals surface area contributed by atoms with Crippen molar-refractivity contribution in [2.24, 2.45) is 7.05 Å². The monoisotopic (exact) mass is 220 g/mol. The number of hydrogen-bond acceptors (Lipinski definition) is 3. The van der Waals surface area contributed by atoms with E-state index in [9.17, 15) is 0 Å². The van der Waals surface area contributed by atoms with Gasteiger partial charge in [0.05, 0.1) is 5.69 Å². The molecule has 2 heterocycles. The summed E-state index contributed by atoms with van der Waals surface area (Å²) in [6.07, 6.45) is 4.88. The minimum absolute atomic E-state index is 0.763. The van der Waals surface area contributed by atoms with Crippen LogP contribution in [0.25, 0.3) is 0 Å². The first-order chi connectivity index (χ1) is 7.83. The number of hydrogen-bond donors (Lipinski definition) is 1. The zero-order valence-electron chi connectivity index (χ0n) is 9.95. The fraction of sp³-hybridized carbons (Fsp3) is 0.750. The van der Waals surface area contributed by atoms with Crippen LogP contribution in [0.3, 0.4) is 0 Å². The second-order valence-electron chi connectivity index (χ2n) is 5.01. The fourth-order valence-corrected chi connectivity index (χ4v) is 2.49. The molecule has 1 aliphatic carbocycles. The summed E-state index contributed by atoms with van der Waals surface area (Å²) < 4.78 is 1.98. The van der Waals surface area contributed by atoms with Crippen LogP contribution >= 0.6 is 0 Å². The van der Waals surface area contributed by atoms with Crippen LogP contribution in [0.15, 0.2) is 6.20 Å². The second-order valence-corrected chi connectivity index (χ2v) is 5.01. The molecule has 1 N–H and O–H groups in total. The Bertz CT molecular complexity index is 361. The van der Waals surface area contributed by atoms with E-state index >= 15 is 0 Å². The van der Waals surface area contributed by atoms with E-state index in [1.54, 1.807) is 0 Å².